The number of hydrogen-bond donors (Lipinski definition) is 1. The Bertz CT molecular complexity index is 882. The molecule has 0 radical (unpaired) electrons. The van der Waals surface area contributed by atoms with E-state index in [0.717, 1.165) is 10.0 Å². The summed E-state index contributed by atoms with van der Waals surface area (Å²) in [4.78, 5) is 26.6. The van der Waals surface area contributed by atoms with Gasteiger partial charge in [-0.05, 0) is 29.8 Å². The zero-order valence-electron chi connectivity index (χ0n) is 14.8. The molecule has 0 saturated carbocycles. The molecule has 140 valence electrons. The van der Waals surface area contributed by atoms with Gasteiger partial charge in [0.25, 0.3) is 5.91 Å². The number of fused-ring (bicyclic) bond motifs is 1. The Labute approximate surface area is 165 Å². The van der Waals surface area contributed by atoms with Gasteiger partial charge in [-0.1, -0.05) is 46.3 Å². The summed E-state index contributed by atoms with van der Waals surface area (Å²) in [5, 5.41) is 2.73. The third-order valence-electron chi connectivity index (χ3n) is 3.95. The Balaban J connectivity index is 1.89. The van der Waals surface area contributed by atoms with Crippen molar-refractivity contribution in [1.82, 2.24) is 5.32 Å². The van der Waals surface area contributed by atoms with Crippen LogP contribution in [0.5, 0.6) is 5.75 Å². The fourth-order valence-corrected chi connectivity index (χ4v) is 3.04. The van der Waals surface area contributed by atoms with Crippen LogP contribution >= 0.6 is 15.9 Å². The zero-order valence-corrected chi connectivity index (χ0v) is 16.4. The van der Waals surface area contributed by atoms with Crippen LogP contribution in [0.15, 0.2) is 58.8 Å². The highest BCUT2D eigenvalue weighted by atomic mass is 79.9. The molecule has 1 aliphatic heterocycles. The summed E-state index contributed by atoms with van der Waals surface area (Å²) in [5.74, 6) is 0.0501. The van der Waals surface area contributed by atoms with E-state index in [0.29, 0.717) is 24.6 Å². The average Bonchev–Trinajstić information content (AvgIpc) is 2.67. The van der Waals surface area contributed by atoms with E-state index in [-0.39, 0.29) is 24.1 Å². The average molecular weight is 431 g/mol. The smallest absolute Gasteiger partial charge is 0.294 e. The van der Waals surface area contributed by atoms with E-state index in [9.17, 15) is 9.59 Å². The molecule has 1 aliphatic rings. The number of para-hydroxylation sites is 2. The maximum atomic E-state index is 13.0. The van der Waals surface area contributed by atoms with E-state index >= 15 is 0 Å². The summed E-state index contributed by atoms with van der Waals surface area (Å²) in [5.41, 5.74) is 1.37. The van der Waals surface area contributed by atoms with Gasteiger partial charge in [0.1, 0.15) is 6.54 Å². The summed E-state index contributed by atoms with van der Waals surface area (Å²) < 4.78 is 11.6. The van der Waals surface area contributed by atoms with Gasteiger partial charge in [0.15, 0.2) is 11.5 Å². The van der Waals surface area contributed by atoms with Gasteiger partial charge in [-0.25, -0.2) is 0 Å². The number of nitrogens with zero attached hydrogens (tertiary/aromatic N) is 1. The lowest BCUT2D eigenvalue weighted by Gasteiger charge is -2.30. The van der Waals surface area contributed by atoms with Crippen LogP contribution in [0.2, 0.25) is 0 Å². The molecule has 27 heavy (non-hydrogen) atoms. The molecular weight excluding hydrogens is 412 g/mol. The van der Waals surface area contributed by atoms with Crippen molar-refractivity contribution in [2.45, 2.75) is 0 Å². The first kappa shape index (κ1) is 19.1. The molecule has 0 unspecified atom stereocenters. The van der Waals surface area contributed by atoms with Gasteiger partial charge in [-0.2, -0.15) is 0 Å². The van der Waals surface area contributed by atoms with Gasteiger partial charge in [-0.15, -0.1) is 0 Å². The van der Waals surface area contributed by atoms with Crippen LogP contribution in [-0.4, -0.2) is 38.6 Å². The summed E-state index contributed by atoms with van der Waals surface area (Å²) in [6, 6.07) is 14.7. The molecule has 0 spiro atoms. The maximum Gasteiger partial charge on any atom is 0.294 e. The van der Waals surface area contributed by atoms with E-state index in [2.05, 4.69) is 21.2 Å². The number of nitrogens with one attached hydrogen (secondary N) is 1. The maximum absolute atomic E-state index is 13.0. The second-order valence-corrected chi connectivity index (χ2v) is 6.69. The second-order valence-electron chi connectivity index (χ2n) is 5.83. The summed E-state index contributed by atoms with van der Waals surface area (Å²) in [7, 11) is 1.56. The van der Waals surface area contributed by atoms with E-state index in [1.807, 2.05) is 30.3 Å². The molecule has 0 saturated heterocycles. The molecule has 0 fully saturated rings. The summed E-state index contributed by atoms with van der Waals surface area (Å²) in [6.07, 6.45) is 1.66. The fraction of sp³-hybridized carbons (Fsp3) is 0.200. The molecule has 0 aliphatic carbocycles. The van der Waals surface area contributed by atoms with Crippen LogP contribution in [0.3, 0.4) is 0 Å². The van der Waals surface area contributed by atoms with Crippen molar-refractivity contribution in [1.29, 1.82) is 0 Å². The molecule has 0 aromatic heterocycles. The molecule has 0 atom stereocenters. The number of benzene rings is 2. The van der Waals surface area contributed by atoms with Crippen molar-refractivity contribution in [2.24, 2.45) is 0 Å². The van der Waals surface area contributed by atoms with Crippen molar-refractivity contribution in [3.63, 3.8) is 0 Å². The molecule has 7 heteroatoms. The predicted molar refractivity (Wildman–Crippen MR) is 106 cm³/mol. The SMILES string of the molecule is COCCNC(=O)CN1C(=O)/C(=C\c2ccccc2Br)Oc2ccccc21. The number of hydrogen-bond acceptors (Lipinski definition) is 4. The molecule has 0 bridgehead atoms. The van der Waals surface area contributed by atoms with Gasteiger partial charge in [0, 0.05) is 18.1 Å². The minimum Gasteiger partial charge on any atom is -0.449 e. The number of amides is 2. The van der Waals surface area contributed by atoms with Crippen molar-refractivity contribution in [2.75, 3.05) is 31.7 Å². The predicted octanol–water partition coefficient (Wildman–Crippen LogP) is 2.98. The zero-order chi connectivity index (χ0) is 19.2. The number of carbonyl (C=O) groups excluding carboxylic acids is 2. The van der Waals surface area contributed by atoms with Crippen molar-refractivity contribution in [3.8, 4) is 5.75 Å². The first-order valence-electron chi connectivity index (χ1n) is 8.41. The third kappa shape index (κ3) is 4.56. The monoisotopic (exact) mass is 430 g/mol. The normalized spacial score (nSPS) is 14.7. The standard InChI is InChI=1S/C20H19BrN2O4/c1-26-11-10-22-19(24)13-23-16-8-4-5-9-17(16)27-18(20(23)25)12-14-6-2-3-7-15(14)21/h2-9,12H,10-11,13H2,1H3,(H,22,24)/b18-12+. The number of rotatable bonds is 6. The van der Waals surface area contributed by atoms with Crippen LogP contribution in [0.1, 0.15) is 5.56 Å². The van der Waals surface area contributed by atoms with Crippen LogP contribution in [0, 0.1) is 0 Å². The quantitative estimate of drug-likeness (QED) is 0.564. The number of methoxy groups -OCH3 is 1. The van der Waals surface area contributed by atoms with Crippen molar-refractivity contribution >= 4 is 39.5 Å². The number of halogens is 1. The third-order valence-corrected chi connectivity index (χ3v) is 4.68. The lowest BCUT2D eigenvalue weighted by molar-refractivity contribution is -0.123. The molecule has 2 aromatic carbocycles. The molecule has 3 rings (SSSR count). The Morgan fingerprint density at radius 3 is 2.74 bits per heavy atom. The van der Waals surface area contributed by atoms with Crippen LogP contribution < -0.4 is 15.0 Å². The molecule has 1 heterocycles. The van der Waals surface area contributed by atoms with Crippen molar-refractivity contribution < 1.29 is 19.1 Å². The first-order chi connectivity index (χ1) is 13.1. The van der Waals surface area contributed by atoms with E-state index in [1.54, 1.807) is 31.4 Å². The fourth-order valence-electron chi connectivity index (χ4n) is 2.64. The van der Waals surface area contributed by atoms with E-state index < -0.39 is 0 Å². The molecule has 1 N–H and O–H groups in total. The van der Waals surface area contributed by atoms with Gasteiger partial charge in [0.2, 0.25) is 5.91 Å². The minimum absolute atomic E-state index is 0.101. The van der Waals surface area contributed by atoms with Crippen molar-refractivity contribution in [3.05, 3.63) is 64.3 Å². The first-order valence-corrected chi connectivity index (χ1v) is 9.20. The largest absolute Gasteiger partial charge is 0.449 e. The van der Waals surface area contributed by atoms with Gasteiger partial charge < -0.3 is 14.8 Å². The number of ether oxygens (including phenoxy) is 2. The highest BCUT2D eigenvalue weighted by Gasteiger charge is 2.31. The minimum atomic E-state index is -0.369. The summed E-state index contributed by atoms with van der Waals surface area (Å²) >= 11 is 3.46. The highest BCUT2D eigenvalue weighted by Crippen LogP contribution is 2.35. The van der Waals surface area contributed by atoms with Gasteiger partial charge in [-0.3, -0.25) is 14.5 Å². The number of anilines is 1. The Hall–Kier alpha value is -2.64. The van der Waals surface area contributed by atoms with E-state index in [4.69, 9.17) is 9.47 Å². The van der Waals surface area contributed by atoms with Gasteiger partial charge >= 0.3 is 0 Å². The molecule has 2 amide bonds. The molecular formula is C20H19BrN2O4. The lowest BCUT2D eigenvalue weighted by Crippen LogP contribution is -2.44. The van der Waals surface area contributed by atoms with E-state index in [1.165, 1.54) is 4.90 Å². The second kappa shape index (κ2) is 8.83. The summed E-state index contributed by atoms with van der Waals surface area (Å²) in [6.45, 7) is 0.692. The topological polar surface area (TPSA) is 67.9 Å². The van der Waals surface area contributed by atoms with Crippen LogP contribution in [-0.2, 0) is 14.3 Å². The van der Waals surface area contributed by atoms with Gasteiger partial charge in [0.05, 0.1) is 12.3 Å². The van der Waals surface area contributed by atoms with Crippen LogP contribution in [0.25, 0.3) is 6.08 Å². The Morgan fingerprint density at radius 1 is 1.22 bits per heavy atom. The Kier molecular flexibility index (Phi) is 6.26. The van der Waals surface area contributed by atoms with Crippen LogP contribution in [0.4, 0.5) is 5.69 Å². The lowest BCUT2D eigenvalue weighted by atomic mass is 10.1. The Morgan fingerprint density at radius 2 is 1.96 bits per heavy atom. The number of carbonyl (C=O) groups is 2. The molecule has 6 nitrogen and oxygen atoms in total. The highest BCUT2D eigenvalue weighted by molar-refractivity contribution is 9.10. The molecule has 2 aromatic rings.